The smallest absolute Gasteiger partial charge is 0.338 e. The van der Waals surface area contributed by atoms with Crippen LogP contribution in [0.25, 0.3) is 0 Å². The van der Waals surface area contributed by atoms with Crippen LogP contribution in [0.2, 0.25) is 0 Å². The van der Waals surface area contributed by atoms with Gasteiger partial charge in [-0.25, -0.2) is 9.79 Å². The van der Waals surface area contributed by atoms with Gasteiger partial charge in [0.15, 0.2) is 5.17 Å². The number of ether oxygens (including phenoxy) is 1. The Morgan fingerprint density at radius 1 is 1.24 bits per heavy atom. The minimum Gasteiger partial charge on any atom is -0.457 e. The zero-order valence-corrected chi connectivity index (χ0v) is 18.2. The highest BCUT2D eigenvalue weighted by molar-refractivity contribution is 9.10. The third-order valence-electron chi connectivity index (χ3n) is 4.80. The summed E-state index contributed by atoms with van der Waals surface area (Å²) in [7, 11) is 0. The van der Waals surface area contributed by atoms with Crippen LogP contribution < -0.4 is 0 Å². The minimum absolute atomic E-state index is 0.0339. The number of rotatable bonds is 4. The number of amidine groups is 1. The SMILES string of the molecule is CC1=C(C(=O)OCc2ccccc2)[C@H](c2cccc(Br)c2)N2C(=O)CCSC2=N1. The number of nitrogens with zero attached hydrogens (tertiary/aromatic N) is 2. The summed E-state index contributed by atoms with van der Waals surface area (Å²) in [6.07, 6.45) is 0.416. The molecule has 0 spiro atoms. The quantitative estimate of drug-likeness (QED) is 0.599. The van der Waals surface area contributed by atoms with Crippen molar-refractivity contribution in [3.8, 4) is 0 Å². The zero-order valence-electron chi connectivity index (χ0n) is 15.8. The molecule has 0 aromatic heterocycles. The molecule has 0 bridgehead atoms. The number of amides is 1. The molecule has 1 saturated heterocycles. The first kappa shape index (κ1) is 19.9. The Hall–Kier alpha value is -2.38. The van der Waals surface area contributed by atoms with Gasteiger partial charge in [0.2, 0.25) is 5.91 Å². The number of hydrogen-bond donors (Lipinski definition) is 0. The Balaban J connectivity index is 1.72. The Morgan fingerprint density at radius 3 is 2.79 bits per heavy atom. The molecule has 1 amide bonds. The maximum Gasteiger partial charge on any atom is 0.338 e. The normalized spacial score (nSPS) is 19.0. The van der Waals surface area contributed by atoms with Gasteiger partial charge in [-0.15, -0.1) is 0 Å². The third kappa shape index (κ3) is 4.16. The average molecular weight is 471 g/mol. The van der Waals surface area contributed by atoms with Crippen molar-refractivity contribution in [3.05, 3.63) is 81.5 Å². The van der Waals surface area contributed by atoms with Gasteiger partial charge >= 0.3 is 5.97 Å². The predicted octanol–water partition coefficient (Wildman–Crippen LogP) is 4.84. The number of hydrogen-bond acceptors (Lipinski definition) is 5. The average Bonchev–Trinajstić information content (AvgIpc) is 2.72. The molecule has 1 atom stereocenters. The van der Waals surface area contributed by atoms with Gasteiger partial charge in [0.1, 0.15) is 6.61 Å². The van der Waals surface area contributed by atoms with Gasteiger partial charge in [0, 0.05) is 16.6 Å². The molecule has 1 fully saturated rings. The molecular formula is C22H19BrN2O3S. The maximum atomic E-state index is 13.1. The van der Waals surface area contributed by atoms with E-state index in [-0.39, 0.29) is 12.5 Å². The van der Waals surface area contributed by atoms with E-state index in [2.05, 4.69) is 20.9 Å². The van der Waals surface area contributed by atoms with Crippen LogP contribution in [0.3, 0.4) is 0 Å². The fourth-order valence-corrected chi connectivity index (χ4v) is 4.87. The molecule has 2 heterocycles. The van der Waals surface area contributed by atoms with Crippen molar-refractivity contribution in [1.82, 2.24) is 4.90 Å². The predicted molar refractivity (Wildman–Crippen MR) is 117 cm³/mol. The second-order valence-corrected chi connectivity index (χ2v) is 8.75. The molecule has 2 aliphatic rings. The summed E-state index contributed by atoms with van der Waals surface area (Å²) in [6.45, 7) is 1.97. The summed E-state index contributed by atoms with van der Waals surface area (Å²) in [5, 5.41) is 0.642. The van der Waals surface area contributed by atoms with Gasteiger partial charge in [-0.05, 0) is 30.2 Å². The van der Waals surface area contributed by atoms with E-state index in [9.17, 15) is 9.59 Å². The molecule has 0 saturated carbocycles. The monoisotopic (exact) mass is 470 g/mol. The van der Waals surface area contributed by atoms with Gasteiger partial charge < -0.3 is 4.74 Å². The van der Waals surface area contributed by atoms with Crippen LogP contribution in [0.4, 0.5) is 0 Å². The van der Waals surface area contributed by atoms with E-state index in [1.54, 1.807) is 11.8 Å². The largest absolute Gasteiger partial charge is 0.457 e. The molecule has 29 heavy (non-hydrogen) atoms. The van der Waals surface area contributed by atoms with Crippen molar-refractivity contribution < 1.29 is 14.3 Å². The van der Waals surface area contributed by atoms with Crippen LogP contribution in [0.5, 0.6) is 0 Å². The molecule has 2 aliphatic heterocycles. The molecule has 148 valence electrons. The van der Waals surface area contributed by atoms with Gasteiger partial charge in [0.05, 0.1) is 17.3 Å². The first-order valence-electron chi connectivity index (χ1n) is 9.25. The molecule has 0 aliphatic carbocycles. The highest BCUT2D eigenvalue weighted by Crippen LogP contribution is 2.40. The summed E-state index contributed by atoms with van der Waals surface area (Å²) in [6, 6.07) is 16.6. The lowest BCUT2D eigenvalue weighted by Gasteiger charge is -2.39. The molecular weight excluding hydrogens is 452 g/mol. The topological polar surface area (TPSA) is 59.0 Å². The van der Waals surface area contributed by atoms with Crippen molar-refractivity contribution >= 4 is 44.7 Å². The molecule has 4 rings (SSSR count). The fraction of sp³-hybridized carbons (Fsp3) is 0.227. The summed E-state index contributed by atoms with van der Waals surface area (Å²) in [4.78, 5) is 32.1. The third-order valence-corrected chi connectivity index (χ3v) is 6.25. The summed E-state index contributed by atoms with van der Waals surface area (Å²) in [5.74, 6) is 0.205. The van der Waals surface area contributed by atoms with Crippen LogP contribution in [0, 0.1) is 0 Å². The van der Waals surface area contributed by atoms with Gasteiger partial charge in [-0.2, -0.15) is 0 Å². The second kappa shape index (κ2) is 8.55. The van der Waals surface area contributed by atoms with Gasteiger partial charge in [-0.3, -0.25) is 9.69 Å². The van der Waals surface area contributed by atoms with Crippen molar-refractivity contribution in [1.29, 1.82) is 0 Å². The highest BCUT2D eigenvalue weighted by atomic mass is 79.9. The van der Waals surface area contributed by atoms with E-state index in [4.69, 9.17) is 4.74 Å². The molecule has 7 heteroatoms. The first-order valence-corrected chi connectivity index (χ1v) is 11.0. The number of aliphatic imine (C=N–C) groups is 1. The van der Waals surface area contributed by atoms with Crippen molar-refractivity contribution in [2.45, 2.75) is 26.0 Å². The van der Waals surface area contributed by atoms with E-state index in [0.29, 0.717) is 28.6 Å². The van der Waals surface area contributed by atoms with E-state index in [1.165, 1.54) is 11.8 Å². The Labute approximate surface area is 182 Å². The lowest BCUT2D eigenvalue weighted by atomic mass is 9.94. The number of halogens is 1. The van der Waals surface area contributed by atoms with Crippen LogP contribution in [-0.2, 0) is 20.9 Å². The number of carbonyl (C=O) groups excluding carboxylic acids is 2. The zero-order chi connectivity index (χ0) is 20.4. The molecule has 0 N–H and O–H groups in total. The molecule has 0 radical (unpaired) electrons. The van der Waals surface area contributed by atoms with Crippen LogP contribution in [0.1, 0.15) is 30.5 Å². The van der Waals surface area contributed by atoms with Gasteiger partial charge in [0.25, 0.3) is 0 Å². The Morgan fingerprint density at radius 2 is 2.03 bits per heavy atom. The van der Waals surface area contributed by atoms with Crippen LogP contribution in [0.15, 0.2) is 75.3 Å². The number of esters is 1. The Kier molecular flexibility index (Phi) is 5.87. The first-order chi connectivity index (χ1) is 14.0. The minimum atomic E-state index is -0.552. The van der Waals surface area contributed by atoms with E-state index in [0.717, 1.165) is 15.6 Å². The number of allylic oxidation sites excluding steroid dienone is 1. The summed E-state index contributed by atoms with van der Waals surface area (Å²) in [5.41, 5.74) is 2.73. The lowest BCUT2D eigenvalue weighted by Crippen LogP contribution is -2.45. The molecule has 0 unspecified atom stereocenters. The number of carbonyl (C=O) groups is 2. The van der Waals surface area contributed by atoms with Crippen molar-refractivity contribution in [2.75, 3.05) is 5.75 Å². The van der Waals surface area contributed by atoms with Crippen molar-refractivity contribution in [3.63, 3.8) is 0 Å². The van der Waals surface area contributed by atoms with Crippen molar-refractivity contribution in [2.24, 2.45) is 4.99 Å². The number of fused-ring (bicyclic) bond motifs is 1. The second-order valence-electron chi connectivity index (χ2n) is 6.77. The van der Waals surface area contributed by atoms with Gasteiger partial charge in [-0.1, -0.05) is 70.2 Å². The van der Waals surface area contributed by atoms with E-state index < -0.39 is 12.0 Å². The fourth-order valence-electron chi connectivity index (χ4n) is 3.45. The summed E-state index contributed by atoms with van der Waals surface area (Å²) >= 11 is 5.03. The van der Waals surface area contributed by atoms with Crippen LogP contribution >= 0.6 is 27.7 Å². The molecule has 5 nitrogen and oxygen atoms in total. The number of benzene rings is 2. The van der Waals surface area contributed by atoms with E-state index in [1.807, 2.05) is 54.6 Å². The number of thioether (sulfide) groups is 1. The van der Waals surface area contributed by atoms with E-state index >= 15 is 0 Å². The highest BCUT2D eigenvalue weighted by Gasteiger charge is 2.41. The molecule has 2 aromatic carbocycles. The van der Waals surface area contributed by atoms with Crippen LogP contribution in [-0.4, -0.2) is 27.7 Å². The maximum absolute atomic E-state index is 13.1. The molecule has 2 aromatic rings. The lowest BCUT2D eigenvalue weighted by molar-refractivity contribution is -0.141. The summed E-state index contributed by atoms with van der Waals surface area (Å²) < 4.78 is 6.49. The standard InChI is InChI=1S/C22H19BrN2O3S/c1-14-19(21(27)28-13-15-6-3-2-4-7-15)20(16-8-5-9-17(23)12-16)25-18(26)10-11-29-22(25)24-14/h2-9,12,20H,10-11,13H2,1H3/t20-/m0/s1. The Bertz CT molecular complexity index is 1020.